The molecule has 0 spiro atoms. The molecule has 3 rings (SSSR count). The second-order valence-corrected chi connectivity index (χ2v) is 6.62. The van der Waals surface area contributed by atoms with E-state index in [1.165, 1.54) is 11.3 Å². The van der Waals surface area contributed by atoms with Crippen LogP contribution >= 0.6 is 11.3 Å². The van der Waals surface area contributed by atoms with Gasteiger partial charge in [-0.3, -0.25) is 4.79 Å². The number of anilines is 1. The molecule has 0 aliphatic rings. The Balaban J connectivity index is 1.64. The van der Waals surface area contributed by atoms with Gasteiger partial charge in [0.1, 0.15) is 10.8 Å². The lowest BCUT2D eigenvalue weighted by Gasteiger charge is -2.04. The van der Waals surface area contributed by atoms with E-state index in [4.69, 9.17) is 4.74 Å². The highest BCUT2D eigenvalue weighted by molar-refractivity contribution is 7.10. The lowest BCUT2D eigenvalue weighted by atomic mass is 10.2. The van der Waals surface area contributed by atoms with Gasteiger partial charge in [0.05, 0.1) is 18.7 Å². The lowest BCUT2D eigenvalue weighted by molar-refractivity contribution is -0.115. The Hall–Kier alpha value is -2.66. The summed E-state index contributed by atoms with van der Waals surface area (Å²) in [6, 6.07) is 15.6. The number of hydrogen-bond donors (Lipinski definition) is 1. The third-order valence-electron chi connectivity index (χ3n) is 3.63. The Bertz CT molecular complexity index is 856. The number of benzene rings is 2. The Morgan fingerprint density at radius 3 is 2.72 bits per heavy atom. The molecule has 25 heavy (non-hydrogen) atoms. The maximum Gasteiger partial charge on any atom is 0.231 e. The van der Waals surface area contributed by atoms with Crippen molar-refractivity contribution >= 4 is 22.9 Å². The van der Waals surface area contributed by atoms with Crippen molar-refractivity contribution in [3.8, 4) is 17.0 Å². The zero-order chi connectivity index (χ0) is 17.6. The number of nitrogens with zero attached hydrogens (tertiary/aromatic N) is 1. The van der Waals surface area contributed by atoms with E-state index >= 15 is 0 Å². The summed E-state index contributed by atoms with van der Waals surface area (Å²) in [6.07, 6.45) is 0.273. The number of rotatable bonds is 6. The van der Waals surface area contributed by atoms with E-state index in [1.54, 1.807) is 0 Å². The van der Waals surface area contributed by atoms with E-state index in [2.05, 4.69) is 10.3 Å². The van der Waals surface area contributed by atoms with Gasteiger partial charge in [0.15, 0.2) is 0 Å². The molecule has 1 amide bonds. The minimum absolute atomic E-state index is 0.0572. The molecular formula is C20H20N2O2S. The van der Waals surface area contributed by atoms with Crippen molar-refractivity contribution in [3.05, 3.63) is 64.5 Å². The number of nitrogens with one attached hydrogen (secondary N) is 1. The van der Waals surface area contributed by atoms with Crippen LogP contribution in [0.5, 0.6) is 5.75 Å². The Morgan fingerprint density at radius 1 is 1.20 bits per heavy atom. The molecule has 1 heterocycles. The summed E-state index contributed by atoms with van der Waals surface area (Å²) >= 11 is 1.50. The average Bonchev–Trinajstić information content (AvgIpc) is 3.04. The van der Waals surface area contributed by atoms with E-state index < -0.39 is 0 Å². The second-order valence-electron chi connectivity index (χ2n) is 5.68. The monoisotopic (exact) mass is 352 g/mol. The third-order valence-corrected chi connectivity index (χ3v) is 4.48. The average molecular weight is 352 g/mol. The standard InChI is InChI=1S/C20H20N2O2S/c1-3-24-17-9-7-15(8-10-17)18-13-25-20(22-18)12-19(23)21-16-6-4-5-14(2)11-16/h4-11,13H,3,12H2,1-2H3,(H,21,23). The normalized spacial score (nSPS) is 10.5. The van der Waals surface area contributed by atoms with Crippen molar-refractivity contribution in [1.82, 2.24) is 4.98 Å². The first kappa shape index (κ1) is 17.2. The van der Waals surface area contributed by atoms with E-state index in [1.807, 2.05) is 67.8 Å². The number of ether oxygens (including phenoxy) is 1. The molecule has 0 aliphatic carbocycles. The van der Waals surface area contributed by atoms with Gasteiger partial charge in [0, 0.05) is 16.6 Å². The van der Waals surface area contributed by atoms with Crippen LogP contribution < -0.4 is 10.1 Å². The Morgan fingerprint density at radius 2 is 2.00 bits per heavy atom. The quantitative estimate of drug-likeness (QED) is 0.700. The predicted octanol–water partition coefficient (Wildman–Crippen LogP) is 4.70. The van der Waals surface area contributed by atoms with Gasteiger partial charge in [0.2, 0.25) is 5.91 Å². The van der Waals surface area contributed by atoms with E-state index in [0.717, 1.165) is 33.3 Å². The number of amides is 1. The highest BCUT2D eigenvalue weighted by Gasteiger charge is 2.10. The molecule has 2 aromatic carbocycles. The van der Waals surface area contributed by atoms with Crippen LogP contribution in [-0.4, -0.2) is 17.5 Å². The van der Waals surface area contributed by atoms with Crippen molar-refractivity contribution in [2.45, 2.75) is 20.3 Å². The molecule has 0 aliphatic heterocycles. The molecule has 1 N–H and O–H groups in total. The van der Waals surface area contributed by atoms with Crippen LogP contribution in [0.1, 0.15) is 17.5 Å². The van der Waals surface area contributed by atoms with E-state index in [9.17, 15) is 4.79 Å². The zero-order valence-corrected chi connectivity index (χ0v) is 15.1. The number of carbonyl (C=O) groups is 1. The molecule has 0 radical (unpaired) electrons. The number of thiazole rings is 1. The minimum atomic E-state index is -0.0572. The maximum absolute atomic E-state index is 12.2. The number of carbonyl (C=O) groups excluding carboxylic acids is 1. The molecular weight excluding hydrogens is 332 g/mol. The fourth-order valence-electron chi connectivity index (χ4n) is 2.48. The fourth-order valence-corrected chi connectivity index (χ4v) is 3.28. The SMILES string of the molecule is CCOc1ccc(-c2csc(CC(=O)Nc3cccc(C)c3)n2)cc1. The molecule has 3 aromatic rings. The number of aryl methyl sites for hydroxylation is 1. The number of hydrogen-bond acceptors (Lipinski definition) is 4. The molecule has 4 nitrogen and oxygen atoms in total. The third kappa shape index (κ3) is 4.67. The van der Waals surface area contributed by atoms with Gasteiger partial charge in [0.25, 0.3) is 0 Å². The predicted molar refractivity (Wildman–Crippen MR) is 102 cm³/mol. The van der Waals surface area contributed by atoms with Gasteiger partial charge in [-0.2, -0.15) is 0 Å². The van der Waals surface area contributed by atoms with Gasteiger partial charge in [-0.1, -0.05) is 12.1 Å². The first-order valence-corrected chi connectivity index (χ1v) is 9.06. The first-order chi connectivity index (χ1) is 12.1. The largest absolute Gasteiger partial charge is 0.494 e. The Labute approximate surface area is 151 Å². The molecule has 128 valence electrons. The molecule has 0 unspecified atom stereocenters. The van der Waals surface area contributed by atoms with Crippen LogP contribution in [0.25, 0.3) is 11.3 Å². The smallest absolute Gasteiger partial charge is 0.231 e. The second kappa shape index (κ2) is 7.94. The van der Waals surface area contributed by atoms with Gasteiger partial charge < -0.3 is 10.1 Å². The first-order valence-electron chi connectivity index (χ1n) is 8.18. The highest BCUT2D eigenvalue weighted by Crippen LogP contribution is 2.24. The summed E-state index contributed by atoms with van der Waals surface area (Å²) in [5.41, 5.74) is 3.83. The minimum Gasteiger partial charge on any atom is -0.494 e. The summed E-state index contributed by atoms with van der Waals surface area (Å²) < 4.78 is 5.45. The molecule has 1 aromatic heterocycles. The van der Waals surface area contributed by atoms with Crippen molar-refractivity contribution in [2.75, 3.05) is 11.9 Å². The van der Waals surface area contributed by atoms with Crippen molar-refractivity contribution in [2.24, 2.45) is 0 Å². The van der Waals surface area contributed by atoms with Crippen LogP contribution in [-0.2, 0) is 11.2 Å². The topological polar surface area (TPSA) is 51.2 Å². The van der Waals surface area contributed by atoms with Crippen molar-refractivity contribution in [1.29, 1.82) is 0 Å². The van der Waals surface area contributed by atoms with Crippen molar-refractivity contribution in [3.63, 3.8) is 0 Å². The highest BCUT2D eigenvalue weighted by atomic mass is 32.1. The summed E-state index contributed by atoms with van der Waals surface area (Å²) in [5.74, 6) is 0.789. The van der Waals surface area contributed by atoms with Crippen LogP contribution in [0.3, 0.4) is 0 Å². The molecule has 5 heteroatoms. The van der Waals surface area contributed by atoms with Crippen molar-refractivity contribution < 1.29 is 9.53 Å². The summed E-state index contributed by atoms with van der Waals surface area (Å²) in [4.78, 5) is 16.8. The summed E-state index contributed by atoms with van der Waals surface area (Å²) in [5, 5.41) is 5.69. The fraction of sp³-hybridized carbons (Fsp3) is 0.200. The van der Waals surface area contributed by atoms with E-state index in [0.29, 0.717) is 6.61 Å². The van der Waals surface area contributed by atoms with Gasteiger partial charge >= 0.3 is 0 Å². The zero-order valence-electron chi connectivity index (χ0n) is 14.3. The van der Waals surface area contributed by atoms with E-state index in [-0.39, 0.29) is 12.3 Å². The van der Waals surface area contributed by atoms with Gasteiger partial charge in [-0.05, 0) is 55.8 Å². The van der Waals surface area contributed by atoms with Gasteiger partial charge in [-0.15, -0.1) is 11.3 Å². The van der Waals surface area contributed by atoms with Crippen LogP contribution in [0.4, 0.5) is 5.69 Å². The maximum atomic E-state index is 12.2. The molecule has 0 bridgehead atoms. The Kier molecular flexibility index (Phi) is 5.46. The molecule has 0 saturated carbocycles. The van der Waals surface area contributed by atoms with Crippen LogP contribution in [0.2, 0.25) is 0 Å². The van der Waals surface area contributed by atoms with Crippen LogP contribution in [0.15, 0.2) is 53.9 Å². The van der Waals surface area contributed by atoms with Gasteiger partial charge in [-0.25, -0.2) is 4.98 Å². The molecule has 0 fully saturated rings. The lowest BCUT2D eigenvalue weighted by Crippen LogP contribution is -2.14. The number of aromatic nitrogens is 1. The van der Waals surface area contributed by atoms with Crippen LogP contribution in [0, 0.1) is 6.92 Å². The molecule has 0 saturated heterocycles. The summed E-state index contributed by atoms with van der Waals surface area (Å²) in [6.45, 7) is 4.61. The summed E-state index contributed by atoms with van der Waals surface area (Å²) in [7, 11) is 0. The molecule has 0 atom stereocenters.